The van der Waals surface area contributed by atoms with E-state index < -0.39 is 5.60 Å². The lowest BCUT2D eigenvalue weighted by Gasteiger charge is -2.63. The van der Waals surface area contributed by atoms with Crippen LogP contribution in [0, 0.1) is 34.5 Å². The Morgan fingerprint density at radius 1 is 1.03 bits per heavy atom. The van der Waals surface area contributed by atoms with Gasteiger partial charge < -0.3 is 26.5 Å². The van der Waals surface area contributed by atoms with Gasteiger partial charge in [-0.3, -0.25) is 4.99 Å². The molecule has 0 heterocycles. The Morgan fingerprint density at radius 3 is 2.62 bits per heavy atom. The molecule has 7 N–H and O–H groups in total. The molecule has 0 aliphatic heterocycles. The third kappa shape index (κ3) is 4.19. The van der Waals surface area contributed by atoms with Crippen molar-refractivity contribution in [2.45, 2.75) is 96.2 Å². The van der Waals surface area contributed by atoms with Gasteiger partial charge in [-0.25, -0.2) is 5.48 Å². The largest absolute Gasteiger partial charge is 0.393 e. The summed E-state index contributed by atoms with van der Waals surface area (Å²) in [6.07, 6.45) is 11.3. The molecule has 4 aliphatic rings. The first-order valence-electron chi connectivity index (χ1n) is 13.0. The highest BCUT2D eigenvalue weighted by atomic mass is 16.6. The van der Waals surface area contributed by atoms with Gasteiger partial charge in [0.15, 0.2) is 5.96 Å². The van der Waals surface area contributed by atoms with Gasteiger partial charge in [0.05, 0.1) is 18.3 Å². The maximum absolute atomic E-state index is 12.2. The van der Waals surface area contributed by atoms with Crippen molar-refractivity contribution >= 4 is 5.96 Å². The van der Waals surface area contributed by atoms with Gasteiger partial charge in [0, 0.05) is 18.5 Å². The van der Waals surface area contributed by atoms with E-state index in [1.165, 1.54) is 12.8 Å². The van der Waals surface area contributed by atoms with Crippen molar-refractivity contribution in [3.8, 4) is 0 Å². The number of aliphatic hydroxyl groups excluding tert-OH is 1. The lowest BCUT2D eigenvalue weighted by Crippen LogP contribution is -2.62. The zero-order valence-corrected chi connectivity index (χ0v) is 20.2. The molecule has 0 unspecified atom stereocenters. The molecule has 0 bridgehead atoms. The molecule has 4 aliphatic carbocycles. The van der Waals surface area contributed by atoms with Crippen molar-refractivity contribution in [1.29, 1.82) is 0 Å². The van der Waals surface area contributed by atoms with Gasteiger partial charge in [0.1, 0.15) is 0 Å². The van der Waals surface area contributed by atoms with E-state index in [-0.39, 0.29) is 22.9 Å². The molecule has 0 spiro atoms. The highest BCUT2D eigenvalue weighted by Gasteiger charge is 2.66. The van der Waals surface area contributed by atoms with Crippen LogP contribution >= 0.6 is 0 Å². The van der Waals surface area contributed by atoms with E-state index in [1.54, 1.807) is 0 Å². The van der Waals surface area contributed by atoms with Gasteiger partial charge in [-0.15, -0.1) is 0 Å². The fourth-order valence-corrected chi connectivity index (χ4v) is 8.37. The lowest BCUT2D eigenvalue weighted by atomic mass is 9.43. The number of nitrogens with two attached hydrogens (primary N) is 2. The number of nitrogens with zero attached hydrogens (tertiary/aromatic N) is 1. The maximum Gasteiger partial charge on any atom is 0.185 e. The van der Waals surface area contributed by atoms with Crippen LogP contribution in [0.2, 0.25) is 0 Å². The highest BCUT2D eigenvalue weighted by Crippen LogP contribution is 2.68. The summed E-state index contributed by atoms with van der Waals surface area (Å²) in [6.45, 7) is 6.90. The van der Waals surface area contributed by atoms with Crippen molar-refractivity contribution in [3.05, 3.63) is 0 Å². The van der Waals surface area contributed by atoms with E-state index >= 15 is 0 Å². The van der Waals surface area contributed by atoms with E-state index in [0.29, 0.717) is 36.8 Å². The molecule has 7 nitrogen and oxygen atoms in total. The number of fused-ring (bicyclic) bond motifs is 5. The van der Waals surface area contributed by atoms with E-state index in [2.05, 4.69) is 24.3 Å². The molecule has 0 aromatic heterocycles. The standard InChI is InChI=1S/C25H46N4O3/c1-23-10-8-19(30)15-17(23)5-6-21-20(23)9-11-24(2)18(7-12-25(21,24)31)16-29-32-14-4-3-13-28-22(26)27/h17-21,29-31H,3-16H2,1-2H3,(H4,26,27,28)/t17-,18-,19+,20+,21-,23+,24-,25+/m1/s1. The maximum atomic E-state index is 12.2. The molecule has 32 heavy (non-hydrogen) atoms. The van der Waals surface area contributed by atoms with Gasteiger partial charge in [0.2, 0.25) is 0 Å². The summed E-state index contributed by atoms with van der Waals surface area (Å²) in [4.78, 5) is 9.69. The summed E-state index contributed by atoms with van der Waals surface area (Å²) in [5, 5.41) is 22.4. The van der Waals surface area contributed by atoms with Crippen LogP contribution in [0.3, 0.4) is 0 Å². The summed E-state index contributed by atoms with van der Waals surface area (Å²) in [5.41, 5.74) is 13.6. The minimum Gasteiger partial charge on any atom is -0.393 e. The third-order valence-electron chi connectivity index (χ3n) is 10.4. The molecule has 7 heteroatoms. The Bertz CT molecular complexity index is 686. The topological polar surface area (TPSA) is 126 Å². The molecule has 4 saturated carbocycles. The minimum atomic E-state index is -0.563. The number of rotatable bonds is 8. The summed E-state index contributed by atoms with van der Waals surface area (Å²) in [6, 6.07) is 0. The van der Waals surface area contributed by atoms with Crippen molar-refractivity contribution in [2.75, 3.05) is 19.7 Å². The van der Waals surface area contributed by atoms with Crippen molar-refractivity contribution in [1.82, 2.24) is 5.48 Å². The molecule has 4 fully saturated rings. The Balaban J connectivity index is 1.32. The second-order valence-corrected chi connectivity index (χ2v) is 11.7. The first kappa shape index (κ1) is 24.2. The van der Waals surface area contributed by atoms with Gasteiger partial charge in [-0.2, -0.15) is 0 Å². The Labute approximate surface area is 193 Å². The molecule has 0 aromatic carbocycles. The Kier molecular flexibility index (Phi) is 7.12. The van der Waals surface area contributed by atoms with Crippen LogP contribution in [0.4, 0.5) is 0 Å². The van der Waals surface area contributed by atoms with Crippen LogP contribution in [0.25, 0.3) is 0 Å². The van der Waals surface area contributed by atoms with E-state index in [0.717, 1.165) is 64.3 Å². The number of hydrogen-bond donors (Lipinski definition) is 5. The highest BCUT2D eigenvalue weighted by molar-refractivity contribution is 5.75. The fraction of sp³-hybridized carbons (Fsp3) is 0.960. The zero-order chi connectivity index (χ0) is 23.0. The van der Waals surface area contributed by atoms with E-state index in [4.69, 9.17) is 16.3 Å². The first-order valence-corrected chi connectivity index (χ1v) is 13.0. The molecule has 0 aromatic rings. The van der Waals surface area contributed by atoms with Gasteiger partial charge in [-0.05, 0) is 99.7 Å². The number of hydroxylamine groups is 1. The van der Waals surface area contributed by atoms with Gasteiger partial charge in [-0.1, -0.05) is 13.8 Å². The Hall–Kier alpha value is -0.890. The molecule has 0 amide bonds. The smallest absolute Gasteiger partial charge is 0.185 e. The second kappa shape index (κ2) is 9.40. The van der Waals surface area contributed by atoms with Crippen LogP contribution in [0.5, 0.6) is 0 Å². The average molecular weight is 451 g/mol. The lowest BCUT2D eigenvalue weighted by molar-refractivity contribution is -0.211. The SMILES string of the molecule is C[C@]12CC[C@H](O)C[C@H]1CC[C@@H]1[C@@H]2CC[C@]2(C)[C@@H](CNOCCCCN=C(N)N)CC[C@]12O. The monoisotopic (exact) mass is 450 g/mol. The number of aliphatic imine (C=N–C) groups is 1. The predicted octanol–water partition coefficient (Wildman–Crippen LogP) is 2.70. The number of nitrogens with one attached hydrogen (secondary N) is 1. The number of unbranched alkanes of at least 4 members (excludes halogenated alkanes) is 1. The molecular weight excluding hydrogens is 404 g/mol. The molecule has 0 radical (unpaired) electrons. The molecule has 184 valence electrons. The average Bonchev–Trinajstić information content (AvgIpc) is 3.01. The van der Waals surface area contributed by atoms with Crippen LogP contribution in [0.1, 0.15) is 84.5 Å². The summed E-state index contributed by atoms with van der Waals surface area (Å²) in [5.74, 6) is 2.21. The minimum absolute atomic E-state index is 0.0464. The molecule has 8 atom stereocenters. The Morgan fingerprint density at radius 2 is 1.84 bits per heavy atom. The van der Waals surface area contributed by atoms with Gasteiger partial charge in [0.25, 0.3) is 0 Å². The van der Waals surface area contributed by atoms with Crippen molar-refractivity contribution in [2.24, 2.45) is 51.0 Å². The van der Waals surface area contributed by atoms with E-state index in [9.17, 15) is 10.2 Å². The number of aliphatic hydroxyl groups is 2. The fourth-order valence-electron chi connectivity index (χ4n) is 8.37. The number of hydrogen-bond acceptors (Lipinski definition) is 5. The summed E-state index contributed by atoms with van der Waals surface area (Å²) < 4.78 is 0. The van der Waals surface area contributed by atoms with E-state index in [1.807, 2.05) is 0 Å². The quantitative estimate of drug-likeness (QED) is 0.167. The first-order chi connectivity index (χ1) is 15.2. The molecule has 0 saturated heterocycles. The zero-order valence-electron chi connectivity index (χ0n) is 20.2. The van der Waals surface area contributed by atoms with Crippen LogP contribution < -0.4 is 16.9 Å². The number of guanidine groups is 1. The van der Waals surface area contributed by atoms with Crippen LogP contribution in [-0.4, -0.2) is 47.6 Å². The molecular formula is C25H46N4O3. The molecule has 4 rings (SSSR count). The predicted molar refractivity (Wildman–Crippen MR) is 127 cm³/mol. The summed E-state index contributed by atoms with van der Waals surface area (Å²) in [7, 11) is 0. The van der Waals surface area contributed by atoms with Gasteiger partial charge >= 0.3 is 0 Å². The van der Waals surface area contributed by atoms with Crippen LogP contribution in [-0.2, 0) is 4.84 Å². The van der Waals surface area contributed by atoms with Crippen LogP contribution in [0.15, 0.2) is 4.99 Å². The van der Waals surface area contributed by atoms with Crippen molar-refractivity contribution in [3.63, 3.8) is 0 Å². The summed E-state index contributed by atoms with van der Waals surface area (Å²) >= 11 is 0. The van der Waals surface area contributed by atoms with Crippen molar-refractivity contribution < 1.29 is 15.1 Å². The normalized spacial score (nSPS) is 45.6. The second-order valence-electron chi connectivity index (χ2n) is 11.7. The third-order valence-corrected chi connectivity index (χ3v) is 10.4.